The quantitative estimate of drug-likeness (QED) is 0.390. The van der Waals surface area contributed by atoms with E-state index in [0.717, 1.165) is 12.0 Å². The molecule has 2 aliphatic heterocycles. The zero-order valence-electron chi connectivity index (χ0n) is 21.7. The highest BCUT2D eigenvalue weighted by atomic mass is 32.2. The number of hydrogen-bond donors (Lipinski definition) is 3. The van der Waals surface area contributed by atoms with Gasteiger partial charge in [-0.05, 0) is 48.6 Å². The van der Waals surface area contributed by atoms with Gasteiger partial charge in [-0.15, -0.1) is 0 Å². The number of amides is 1. The number of rotatable bonds is 11. The van der Waals surface area contributed by atoms with Crippen LogP contribution in [0, 0.1) is 11.8 Å². The Morgan fingerprint density at radius 2 is 1.84 bits per heavy atom. The zero-order valence-corrected chi connectivity index (χ0v) is 22.5. The second-order valence-electron chi connectivity index (χ2n) is 10.3. The molecular weight excluding hydrogens is 510 g/mol. The molecule has 2 aliphatic rings. The standard InChI is InChI=1S/C27H37N3O7S/c1-18(2)15-30(16-24(31)23(28)14-19-6-4-3-5-7-19)38(33,34)21-10-8-20(9-11-21)29-27(32)37-25-17-36-26-22(25)12-13-35-26/h3-11,18,22-26,31H,12-17,28H2,1-2H3,(H,29,32)/t22-,23+,24-,25-,26+/m1/s1. The van der Waals surface area contributed by atoms with Gasteiger partial charge in [0, 0.05) is 24.8 Å². The fourth-order valence-corrected chi connectivity index (χ4v) is 6.36. The van der Waals surface area contributed by atoms with Crippen molar-refractivity contribution >= 4 is 21.8 Å². The first-order valence-electron chi connectivity index (χ1n) is 12.9. The molecule has 2 heterocycles. The van der Waals surface area contributed by atoms with Gasteiger partial charge in [-0.1, -0.05) is 44.2 Å². The van der Waals surface area contributed by atoms with E-state index in [1.807, 2.05) is 44.2 Å². The van der Waals surface area contributed by atoms with Crippen LogP contribution in [0.3, 0.4) is 0 Å². The summed E-state index contributed by atoms with van der Waals surface area (Å²) in [5.41, 5.74) is 7.59. The summed E-state index contributed by atoms with van der Waals surface area (Å²) < 4.78 is 44.7. The Kier molecular flexibility index (Phi) is 9.40. The normalized spacial score (nSPS) is 22.8. The average Bonchev–Trinajstić information content (AvgIpc) is 3.49. The fourth-order valence-electron chi connectivity index (χ4n) is 4.74. The maximum atomic E-state index is 13.5. The van der Waals surface area contributed by atoms with E-state index in [4.69, 9.17) is 19.9 Å². The summed E-state index contributed by atoms with van der Waals surface area (Å²) in [5.74, 6) is 0.0545. The smallest absolute Gasteiger partial charge is 0.411 e. The van der Waals surface area contributed by atoms with Crippen LogP contribution in [0.4, 0.5) is 10.5 Å². The highest BCUT2D eigenvalue weighted by molar-refractivity contribution is 7.89. The zero-order chi connectivity index (χ0) is 27.3. The summed E-state index contributed by atoms with van der Waals surface area (Å²) in [4.78, 5) is 12.4. The number of hydrogen-bond acceptors (Lipinski definition) is 8. The summed E-state index contributed by atoms with van der Waals surface area (Å²) in [6.45, 7) is 4.78. The van der Waals surface area contributed by atoms with Crippen molar-refractivity contribution in [1.29, 1.82) is 0 Å². The SMILES string of the molecule is CC(C)CN(C[C@@H](O)[C@@H](N)Cc1ccccc1)S(=O)(=O)c1ccc(NC(=O)O[C@@H]2CO[C@@H]3OCC[C@@H]32)cc1. The van der Waals surface area contributed by atoms with Crippen molar-refractivity contribution in [3.05, 3.63) is 60.2 Å². The van der Waals surface area contributed by atoms with E-state index in [9.17, 15) is 18.3 Å². The molecule has 0 spiro atoms. The predicted molar refractivity (Wildman–Crippen MR) is 142 cm³/mol. The second-order valence-corrected chi connectivity index (χ2v) is 12.2. The molecule has 2 fully saturated rings. The number of sulfonamides is 1. The Bertz CT molecular complexity index is 1160. The highest BCUT2D eigenvalue weighted by Gasteiger charge is 2.43. The molecule has 0 aliphatic carbocycles. The minimum absolute atomic E-state index is 0.0244. The van der Waals surface area contributed by atoms with Crippen molar-refractivity contribution in [3.63, 3.8) is 0 Å². The Labute approximate surface area is 224 Å². The van der Waals surface area contributed by atoms with Crippen LogP contribution in [-0.2, 0) is 30.7 Å². The van der Waals surface area contributed by atoms with Gasteiger partial charge in [0.2, 0.25) is 10.0 Å². The Hall–Kier alpha value is -2.54. The first-order valence-corrected chi connectivity index (χ1v) is 14.4. The predicted octanol–water partition coefficient (Wildman–Crippen LogP) is 2.57. The van der Waals surface area contributed by atoms with Crippen LogP contribution in [0.25, 0.3) is 0 Å². The summed E-state index contributed by atoms with van der Waals surface area (Å²) in [7, 11) is -3.93. The first kappa shape index (κ1) is 28.5. The minimum atomic E-state index is -3.93. The maximum absolute atomic E-state index is 13.5. The molecule has 0 radical (unpaired) electrons. The van der Waals surface area contributed by atoms with Crippen molar-refractivity contribution < 1.29 is 32.5 Å². The number of carbonyl (C=O) groups is 1. The Morgan fingerprint density at radius 1 is 1.13 bits per heavy atom. The van der Waals surface area contributed by atoms with Crippen LogP contribution in [0.15, 0.2) is 59.5 Å². The lowest BCUT2D eigenvalue weighted by Crippen LogP contribution is -2.47. The van der Waals surface area contributed by atoms with Crippen LogP contribution < -0.4 is 11.1 Å². The number of ether oxygens (including phenoxy) is 3. The van der Waals surface area contributed by atoms with E-state index < -0.39 is 28.3 Å². The van der Waals surface area contributed by atoms with Crippen LogP contribution >= 0.6 is 0 Å². The Morgan fingerprint density at radius 3 is 2.53 bits per heavy atom. The third-order valence-corrected chi connectivity index (χ3v) is 8.60. The molecule has 11 heteroatoms. The number of fused-ring (bicyclic) bond motifs is 1. The van der Waals surface area contributed by atoms with Gasteiger partial charge >= 0.3 is 6.09 Å². The molecular formula is C27H37N3O7S. The second kappa shape index (κ2) is 12.5. The van der Waals surface area contributed by atoms with Crippen molar-refractivity contribution in [3.8, 4) is 0 Å². The van der Waals surface area contributed by atoms with Crippen LogP contribution in [-0.4, -0.2) is 74.8 Å². The highest BCUT2D eigenvalue weighted by Crippen LogP contribution is 2.33. The number of carbonyl (C=O) groups excluding carboxylic acids is 1. The van der Waals surface area contributed by atoms with Crippen molar-refractivity contribution in [2.45, 2.75) is 56.1 Å². The molecule has 10 nitrogen and oxygen atoms in total. The molecule has 208 valence electrons. The van der Waals surface area contributed by atoms with Gasteiger partial charge in [-0.3, -0.25) is 5.32 Å². The topological polar surface area (TPSA) is 140 Å². The first-order chi connectivity index (χ1) is 18.1. The van der Waals surface area contributed by atoms with Gasteiger partial charge in [0.15, 0.2) is 6.29 Å². The summed E-state index contributed by atoms with van der Waals surface area (Å²) in [6.07, 6.45) is -1.20. The molecule has 0 saturated carbocycles. The average molecular weight is 548 g/mol. The monoisotopic (exact) mass is 547 g/mol. The summed E-state index contributed by atoms with van der Waals surface area (Å²) >= 11 is 0. The van der Waals surface area contributed by atoms with Gasteiger partial charge in [0.1, 0.15) is 6.10 Å². The number of aliphatic hydroxyl groups is 1. The summed E-state index contributed by atoms with van der Waals surface area (Å²) in [5, 5.41) is 13.4. The molecule has 2 aromatic rings. The van der Waals surface area contributed by atoms with Crippen molar-refractivity contribution in [2.24, 2.45) is 17.6 Å². The molecule has 5 atom stereocenters. The fraction of sp³-hybridized carbons (Fsp3) is 0.519. The Balaban J connectivity index is 1.38. The summed E-state index contributed by atoms with van der Waals surface area (Å²) in [6, 6.07) is 14.8. The van der Waals surface area contributed by atoms with Crippen LogP contribution in [0.2, 0.25) is 0 Å². The number of benzene rings is 2. The van der Waals surface area contributed by atoms with Gasteiger partial charge in [0.25, 0.3) is 0 Å². The minimum Gasteiger partial charge on any atom is -0.443 e. The van der Waals surface area contributed by atoms with Gasteiger partial charge in [-0.2, -0.15) is 4.31 Å². The molecule has 2 saturated heterocycles. The van der Waals surface area contributed by atoms with Gasteiger partial charge < -0.3 is 25.1 Å². The lowest BCUT2D eigenvalue weighted by Gasteiger charge is -2.28. The van der Waals surface area contributed by atoms with Gasteiger partial charge in [0.05, 0.1) is 30.1 Å². The molecule has 1 amide bonds. The molecule has 2 aromatic carbocycles. The third kappa shape index (κ3) is 7.10. The van der Waals surface area contributed by atoms with Gasteiger partial charge in [-0.25, -0.2) is 13.2 Å². The van der Waals surface area contributed by atoms with E-state index in [-0.39, 0.29) is 48.8 Å². The molecule has 4 N–H and O–H groups in total. The molecule has 4 rings (SSSR count). The van der Waals surface area contributed by atoms with Crippen molar-refractivity contribution in [1.82, 2.24) is 4.31 Å². The number of anilines is 1. The number of nitrogens with two attached hydrogens (primary N) is 1. The van der Waals surface area contributed by atoms with E-state index >= 15 is 0 Å². The van der Waals surface area contributed by atoms with Crippen LogP contribution in [0.5, 0.6) is 0 Å². The number of aliphatic hydroxyl groups excluding tert-OH is 1. The molecule has 0 unspecified atom stereocenters. The van der Waals surface area contributed by atoms with E-state index in [1.165, 1.54) is 28.6 Å². The molecule has 0 aromatic heterocycles. The number of nitrogens with zero attached hydrogens (tertiary/aromatic N) is 1. The molecule has 38 heavy (non-hydrogen) atoms. The third-order valence-electron chi connectivity index (χ3n) is 6.75. The largest absolute Gasteiger partial charge is 0.443 e. The van der Waals surface area contributed by atoms with E-state index in [2.05, 4.69) is 5.32 Å². The van der Waals surface area contributed by atoms with Crippen molar-refractivity contribution in [2.75, 3.05) is 31.6 Å². The van der Waals surface area contributed by atoms with E-state index in [0.29, 0.717) is 18.7 Å². The lowest BCUT2D eigenvalue weighted by molar-refractivity contribution is -0.0907. The lowest BCUT2D eigenvalue weighted by atomic mass is 10.0. The van der Waals surface area contributed by atoms with E-state index in [1.54, 1.807) is 0 Å². The maximum Gasteiger partial charge on any atom is 0.411 e. The number of nitrogens with one attached hydrogen (secondary N) is 1. The molecule has 0 bridgehead atoms. The van der Waals surface area contributed by atoms with Crippen LogP contribution in [0.1, 0.15) is 25.8 Å².